The Morgan fingerprint density at radius 1 is 1.12 bits per heavy atom. The van der Waals surface area contributed by atoms with E-state index in [1.54, 1.807) is 30.4 Å². The first-order chi connectivity index (χ1) is 16.2. The smallest absolute Gasteiger partial charge is 0.326 e. The number of hydrogen-bond acceptors (Lipinski definition) is 5. The van der Waals surface area contributed by atoms with Crippen LogP contribution in [0.5, 0.6) is 0 Å². The standard InChI is InChI=1S/C25H24F3N5O/c1-13-7-8-16-11-18-21(20-12-29-9-10-30-20)31-15(3)32-22(18)23(13)33(16)24(34)17-5-4-6-19(14(17)2)25(26,27)28/h4-6,9-10,12-13,16,23H,7-8,11H2,1-3H3/t13-,16+,23-/m1/s1. The summed E-state index contributed by atoms with van der Waals surface area (Å²) < 4.78 is 40.6. The summed E-state index contributed by atoms with van der Waals surface area (Å²) in [5, 5.41) is 0. The van der Waals surface area contributed by atoms with Gasteiger partial charge in [-0.2, -0.15) is 13.2 Å². The Morgan fingerprint density at radius 3 is 2.62 bits per heavy atom. The molecule has 176 valence electrons. The van der Waals surface area contributed by atoms with Gasteiger partial charge in [0.05, 0.1) is 29.2 Å². The zero-order valence-electron chi connectivity index (χ0n) is 19.1. The molecule has 3 atom stereocenters. The summed E-state index contributed by atoms with van der Waals surface area (Å²) in [4.78, 5) is 33.5. The molecule has 3 aromatic rings. The molecule has 6 nitrogen and oxygen atoms in total. The van der Waals surface area contributed by atoms with Crippen molar-refractivity contribution in [2.45, 2.75) is 58.3 Å². The Labute approximate surface area is 195 Å². The van der Waals surface area contributed by atoms with Crippen molar-refractivity contribution in [3.05, 3.63) is 70.6 Å². The second-order valence-electron chi connectivity index (χ2n) is 9.12. The fourth-order valence-electron chi connectivity index (χ4n) is 5.39. The minimum atomic E-state index is -4.52. The lowest BCUT2D eigenvalue weighted by atomic mass is 9.76. The maximum absolute atomic E-state index is 13.8. The SMILES string of the molecule is Cc1nc(-c2cnccn2)c2c(n1)[C@H]1[C@H](C)CC[C@@H](C2)N1C(=O)c1cccc(C(F)(F)F)c1C. The van der Waals surface area contributed by atoms with E-state index in [-0.39, 0.29) is 35.0 Å². The first kappa shape index (κ1) is 22.4. The Bertz CT molecular complexity index is 1260. The molecule has 1 fully saturated rings. The number of halogens is 3. The molecule has 0 aliphatic carbocycles. The van der Waals surface area contributed by atoms with Crippen LogP contribution in [0.3, 0.4) is 0 Å². The molecule has 2 aliphatic heterocycles. The van der Waals surface area contributed by atoms with Crippen LogP contribution in [-0.4, -0.2) is 36.8 Å². The molecule has 5 rings (SSSR count). The Hall–Kier alpha value is -3.36. The van der Waals surface area contributed by atoms with Gasteiger partial charge in [-0.05, 0) is 56.7 Å². The fraction of sp³-hybridized carbons (Fsp3) is 0.400. The highest BCUT2D eigenvalue weighted by molar-refractivity contribution is 5.97. The molecule has 0 unspecified atom stereocenters. The average Bonchev–Trinajstić information content (AvgIpc) is 2.80. The number of carbonyl (C=O) groups excluding carboxylic acids is 1. The van der Waals surface area contributed by atoms with E-state index in [9.17, 15) is 18.0 Å². The van der Waals surface area contributed by atoms with Crippen molar-refractivity contribution in [3.63, 3.8) is 0 Å². The maximum atomic E-state index is 13.8. The van der Waals surface area contributed by atoms with Gasteiger partial charge in [-0.15, -0.1) is 0 Å². The van der Waals surface area contributed by atoms with Gasteiger partial charge < -0.3 is 4.90 Å². The predicted octanol–water partition coefficient (Wildman–Crippen LogP) is 5.11. The summed E-state index contributed by atoms with van der Waals surface area (Å²) in [6, 6.07) is 3.31. The highest BCUT2D eigenvalue weighted by atomic mass is 19.4. The van der Waals surface area contributed by atoms with Crippen LogP contribution in [0.4, 0.5) is 13.2 Å². The number of fused-ring (bicyclic) bond motifs is 4. The average molecular weight is 467 g/mol. The number of piperidine rings is 1. The monoisotopic (exact) mass is 467 g/mol. The number of alkyl halides is 3. The van der Waals surface area contributed by atoms with Crippen molar-refractivity contribution in [2.75, 3.05) is 0 Å². The van der Waals surface area contributed by atoms with E-state index in [1.807, 2.05) is 0 Å². The first-order valence-electron chi connectivity index (χ1n) is 11.3. The van der Waals surface area contributed by atoms with Crippen molar-refractivity contribution >= 4 is 5.91 Å². The van der Waals surface area contributed by atoms with Crippen molar-refractivity contribution in [1.29, 1.82) is 0 Å². The molecule has 2 aromatic heterocycles. The van der Waals surface area contributed by atoms with Crippen LogP contribution in [0.15, 0.2) is 36.8 Å². The zero-order chi connectivity index (χ0) is 24.2. The highest BCUT2D eigenvalue weighted by Crippen LogP contribution is 2.47. The molecule has 0 N–H and O–H groups in total. The quantitative estimate of drug-likeness (QED) is 0.524. The molecule has 9 heteroatoms. The van der Waals surface area contributed by atoms with E-state index >= 15 is 0 Å². The Morgan fingerprint density at radius 2 is 1.91 bits per heavy atom. The van der Waals surface area contributed by atoms with E-state index in [1.165, 1.54) is 19.1 Å². The van der Waals surface area contributed by atoms with Crippen molar-refractivity contribution in [3.8, 4) is 11.4 Å². The summed E-state index contributed by atoms with van der Waals surface area (Å²) in [6.07, 6.45) is 2.53. The topological polar surface area (TPSA) is 71.9 Å². The number of nitrogens with zero attached hydrogens (tertiary/aromatic N) is 5. The van der Waals surface area contributed by atoms with Crippen LogP contribution >= 0.6 is 0 Å². The molecule has 34 heavy (non-hydrogen) atoms. The predicted molar refractivity (Wildman–Crippen MR) is 119 cm³/mol. The van der Waals surface area contributed by atoms with Crippen LogP contribution in [-0.2, 0) is 12.6 Å². The number of rotatable bonds is 2. The molecule has 0 saturated carbocycles. The third-order valence-corrected chi connectivity index (χ3v) is 6.97. The van der Waals surface area contributed by atoms with Crippen LogP contribution in [0, 0.1) is 19.8 Å². The lowest BCUT2D eigenvalue weighted by Crippen LogP contribution is -2.53. The van der Waals surface area contributed by atoms with Gasteiger partial charge in [0, 0.05) is 29.6 Å². The second kappa shape index (κ2) is 8.14. The van der Waals surface area contributed by atoms with Crippen LogP contribution in [0.25, 0.3) is 11.4 Å². The Kier molecular flexibility index (Phi) is 5.37. The third-order valence-electron chi connectivity index (χ3n) is 6.97. The van der Waals surface area contributed by atoms with Gasteiger partial charge in [0.2, 0.25) is 0 Å². The number of amides is 1. The largest absolute Gasteiger partial charge is 0.416 e. The number of carbonyl (C=O) groups is 1. The summed E-state index contributed by atoms with van der Waals surface area (Å²) in [5.41, 5.74) is 2.31. The van der Waals surface area contributed by atoms with Crippen LogP contribution in [0.1, 0.15) is 64.4 Å². The third kappa shape index (κ3) is 3.63. The lowest BCUT2D eigenvalue weighted by molar-refractivity contribution is -0.138. The van der Waals surface area contributed by atoms with Gasteiger partial charge >= 0.3 is 6.18 Å². The van der Waals surface area contributed by atoms with Gasteiger partial charge in [0.1, 0.15) is 11.5 Å². The van der Waals surface area contributed by atoms with Gasteiger partial charge in [0.15, 0.2) is 0 Å². The zero-order valence-corrected chi connectivity index (χ0v) is 19.1. The Balaban J connectivity index is 1.64. The van der Waals surface area contributed by atoms with E-state index in [0.29, 0.717) is 23.6 Å². The lowest BCUT2D eigenvalue weighted by Gasteiger charge is -2.49. The number of hydrogen-bond donors (Lipinski definition) is 0. The second-order valence-corrected chi connectivity index (χ2v) is 9.12. The van der Waals surface area contributed by atoms with E-state index in [0.717, 1.165) is 30.2 Å². The molecule has 1 amide bonds. The number of aromatic nitrogens is 4. The van der Waals surface area contributed by atoms with Crippen LogP contribution in [0.2, 0.25) is 0 Å². The molecule has 0 spiro atoms. The molecule has 0 radical (unpaired) electrons. The van der Waals surface area contributed by atoms with Gasteiger partial charge in [-0.1, -0.05) is 13.0 Å². The summed E-state index contributed by atoms with van der Waals surface area (Å²) >= 11 is 0. The summed E-state index contributed by atoms with van der Waals surface area (Å²) in [7, 11) is 0. The first-order valence-corrected chi connectivity index (χ1v) is 11.3. The maximum Gasteiger partial charge on any atom is 0.416 e. The van der Waals surface area contributed by atoms with Crippen molar-refractivity contribution in [1.82, 2.24) is 24.8 Å². The molecular weight excluding hydrogens is 443 g/mol. The summed E-state index contributed by atoms with van der Waals surface area (Å²) in [5.74, 6) is 0.265. The van der Waals surface area contributed by atoms with Crippen molar-refractivity contribution in [2.24, 2.45) is 5.92 Å². The number of aryl methyl sites for hydroxylation is 1. The highest BCUT2D eigenvalue weighted by Gasteiger charge is 2.46. The molecule has 2 aliphatic rings. The molecular formula is C25H24F3N5O. The fourth-order valence-corrected chi connectivity index (χ4v) is 5.39. The number of benzene rings is 1. The minimum absolute atomic E-state index is 0.0457. The van der Waals surface area contributed by atoms with Gasteiger partial charge in [0.25, 0.3) is 5.91 Å². The van der Waals surface area contributed by atoms with E-state index in [4.69, 9.17) is 4.98 Å². The van der Waals surface area contributed by atoms with Gasteiger partial charge in [-0.3, -0.25) is 14.8 Å². The normalized spacial score (nSPS) is 21.8. The molecule has 2 bridgehead atoms. The van der Waals surface area contributed by atoms with E-state index < -0.39 is 11.7 Å². The summed E-state index contributed by atoms with van der Waals surface area (Å²) in [6.45, 7) is 5.23. The molecule has 4 heterocycles. The minimum Gasteiger partial charge on any atom is -0.326 e. The molecule has 1 aromatic carbocycles. The molecule has 1 saturated heterocycles. The van der Waals surface area contributed by atoms with Gasteiger partial charge in [-0.25, -0.2) is 9.97 Å². The van der Waals surface area contributed by atoms with Crippen LogP contribution < -0.4 is 0 Å². The van der Waals surface area contributed by atoms with Crippen molar-refractivity contribution < 1.29 is 18.0 Å². The van der Waals surface area contributed by atoms with E-state index in [2.05, 4.69) is 21.9 Å².